The van der Waals surface area contributed by atoms with Gasteiger partial charge < -0.3 is 9.47 Å². The van der Waals surface area contributed by atoms with Crippen molar-refractivity contribution in [1.29, 1.82) is 0 Å². The summed E-state index contributed by atoms with van der Waals surface area (Å²) in [4.78, 5) is 2.40. The zero-order valence-electron chi connectivity index (χ0n) is 33.1. The Hall–Kier alpha value is -6.94. The smallest absolute Gasteiger partial charge is 0.0775 e. The molecule has 58 heavy (non-hydrogen) atoms. The molecule has 1 heterocycles. The number of hydrogen-bond donors (Lipinski definition) is 0. The number of hydrogen-bond acceptors (Lipinski definition) is 1. The van der Waals surface area contributed by atoms with Crippen molar-refractivity contribution in [2.24, 2.45) is 0 Å². The van der Waals surface area contributed by atoms with Crippen molar-refractivity contribution < 1.29 is 0 Å². The topological polar surface area (TPSA) is 8.17 Å². The quantitative estimate of drug-likeness (QED) is 0.140. The van der Waals surface area contributed by atoms with Crippen LogP contribution in [0.3, 0.4) is 0 Å². The van der Waals surface area contributed by atoms with Crippen molar-refractivity contribution in [2.75, 3.05) is 4.90 Å². The van der Waals surface area contributed by atoms with Gasteiger partial charge in [0.2, 0.25) is 0 Å². The highest BCUT2D eigenvalue weighted by atomic mass is 28.3. The van der Waals surface area contributed by atoms with E-state index >= 15 is 0 Å². The van der Waals surface area contributed by atoms with Crippen LogP contribution in [-0.4, -0.2) is 12.6 Å². The van der Waals surface area contributed by atoms with Gasteiger partial charge in [-0.05, 0) is 99.4 Å². The van der Waals surface area contributed by atoms with Gasteiger partial charge in [0.15, 0.2) is 0 Å². The predicted molar refractivity (Wildman–Crippen MR) is 252 cm³/mol. The Morgan fingerprint density at radius 1 is 0.362 bits per heavy atom. The van der Waals surface area contributed by atoms with E-state index in [1.54, 1.807) is 0 Å². The Morgan fingerprint density at radius 2 is 0.862 bits per heavy atom. The van der Waals surface area contributed by atoms with Crippen molar-refractivity contribution in [3.63, 3.8) is 0 Å². The highest BCUT2D eigenvalue weighted by Gasteiger charge is 2.20. The standard InChI is InChI=1S/C55H44N2Si/c1-58(2,3)47-35-33-46(34-36-47)57-54-22-11-10-18-51(54)52-38-43(28-37-55(52)57)48-19-12-21-50-49(48)20-13-23-53(50)56(44-29-24-41(25-30-44)39-14-6-4-7-15-39)45-31-26-42(27-32-45)40-16-8-5-9-17-40/h4-38H,1-3H3. The average Bonchev–Trinajstić information content (AvgIpc) is 3.61. The molecule has 0 unspecified atom stereocenters. The van der Waals surface area contributed by atoms with Crippen LogP contribution < -0.4 is 10.1 Å². The van der Waals surface area contributed by atoms with Gasteiger partial charge in [-0.15, -0.1) is 0 Å². The molecule has 0 saturated heterocycles. The summed E-state index contributed by atoms with van der Waals surface area (Å²) < 4.78 is 2.42. The number of anilines is 3. The number of para-hydroxylation sites is 1. The first-order valence-electron chi connectivity index (χ1n) is 20.2. The zero-order chi connectivity index (χ0) is 39.2. The lowest BCUT2D eigenvalue weighted by molar-refractivity contribution is 1.18. The Bertz CT molecular complexity index is 2970. The summed E-state index contributed by atoms with van der Waals surface area (Å²) in [7, 11) is -1.41. The third kappa shape index (κ3) is 6.40. The fraction of sp³-hybridized carbons (Fsp3) is 0.0545. The van der Waals surface area contributed by atoms with E-state index in [1.807, 2.05) is 0 Å². The first-order valence-corrected chi connectivity index (χ1v) is 23.7. The third-order valence-electron chi connectivity index (χ3n) is 11.6. The van der Waals surface area contributed by atoms with Crippen LogP contribution in [0.25, 0.3) is 71.6 Å². The second-order valence-electron chi connectivity index (χ2n) is 16.2. The minimum Gasteiger partial charge on any atom is -0.310 e. The molecule has 1 aromatic heterocycles. The van der Waals surface area contributed by atoms with Gasteiger partial charge in [-0.1, -0.05) is 176 Å². The lowest BCUT2D eigenvalue weighted by Crippen LogP contribution is -2.37. The fourth-order valence-electron chi connectivity index (χ4n) is 8.56. The van der Waals surface area contributed by atoms with Crippen molar-refractivity contribution in [3.8, 4) is 39.1 Å². The summed E-state index contributed by atoms with van der Waals surface area (Å²) in [5.74, 6) is 0. The van der Waals surface area contributed by atoms with E-state index in [1.165, 1.54) is 76.8 Å². The molecule has 9 aromatic carbocycles. The minimum atomic E-state index is -1.41. The molecule has 2 nitrogen and oxygen atoms in total. The molecular formula is C55H44N2Si. The summed E-state index contributed by atoms with van der Waals surface area (Å²) >= 11 is 0. The van der Waals surface area contributed by atoms with E-state index in [0.29, 0.717) is 0 Å². The van der Waals surface area contributed by atoms with Gasteiger partial charge in [0.1, 0.15) is 0 Å². The van der Waals surface area contributed by atoms with Crippen molar-refractivity contribution >= 4 is 62.9 Å². The number of aromatic nitrogens is 1. The maximum atomic E-state index is 2.42. The molecular weight excluding hydrogens is 717 g/mol. The molecule has 0 aliphatic carbocycles. The number of benzene rings is 9. The van der Waals surface area contributed by atoms with Crippen LogP contribution in [0.2, 0.25) is 19.6 Å². The molecule has 0 N–H and O–H groups in total. The molecule has 278 valence electrons. The van der Waals surface area contributed by atoms with Gasteiger partial charge in [-0.2, -0.15) is 0 Å². The van der Waals surface area contributed by atoms with Crippen LogP contribution in [-0.2, 0) is 0 Å². The average molecular weight is 761 g/mol. The number of nitrogens with zero attached hydrogens (tertiary/aromatic N) is 2. The second-order valence-corrected chi connectivity index (χ2v) is 21.3. The summed E-state index contributed by atoms with van der Waals surface area (Å²) in [5, 5.41) is 6.41. The number of fused-ring (bicyclic) bond motifs is 4. The second kappa shape index (κ2) is 14.5. The van der Waals surface area contributed by atoms with E-state index in [9.17, 15) is 0 Å². The first kappa shape index (κ1) is 35.5. The maximum Gasteiger partial charge on any atom is 0.0775 e. The highest BCUT2D eigenvalue weighted by Crippen LogP contribution is 2.43. The third-order valence-corrected chi connectivity index (χ3v) is 13.6. The molecule has 0 radical (unpaired) electrons. The lowest BCUT2D eigenvalue weighted by atomic mass is 9.95. The first-order chi connectivity index (χ1) is 28.4. The molecule has 0 bridgehead atoms. The molecule has 0 saturated carbocycles. The van der Waals surface area contributed by atoms with Crippen LogP contribution >= 0.6 is 0 Å². The molecule has 0 spiro atoms. The van der Waals surface area contributed by atoms with Gasteiger partial charge in [-0.25, -0.2) is 0 Å². The molecule has 0 amide bonds. The minimum absolute atomic E-state index is 1.11. The summed E-state index contributed by atoms with van der Waals surface area (Å²) in [5.41, 5.74) is 14.2. The van der Waals surface area contributed by atoms with Crippen molar-refractivity contribution in [3.05, 3.63) is 212 Å². The van der Waals surface area contributed by atoms with Gasteiger partial charge in [-0.3, -0.25) is 0 Å². The maximum absolute atomic E-state index is 2.42. The van der Waals surface area contributed by atoms with Crippen LogP contribution in [0.5, 0.6) is 0 Å². The summed E-state index contributed by atoms with van der Waals surface area (Å²) in [6, 6.07) is 77.7. The van der Waals surface area contributed by atoms with Crippen LogP contribution in [0.15, 0.2) is 212 Å². The van der Waals surface area contributed by atoms with Crippen LogP contribution in [0, 0.1) is 0 Å². The monoisotopic (exact) mass is 760 g/mol. The van der Waals surface area contributed by atoms with E-state index < -0.39 is 8.07 Å². The van der Waals surface area contributed by atoms with Gasteiger partial charge in [0.25, 0.3) is 0 Å². The molecule has 0 fully saturated rings. The molecule has 0 aliphatic heterocycles. The largest absolute Gasteiger partial charge is 0.310 e. The van der Waals surface area contributed by atoms with Crippen molar-refractivity contribution in [1.82, 2.24) is 4.57 Å². The van der Waals surface area contributed by atoms with Gasteiger partial charge in [0, 0.05) is 33.2 Å². The van der Waals surface area contributed by atoms with E-state index in [4.69, 9.17) is 0 Å². The van der Waals surface area contributed by atoms with Gasteiger partial charge in [0.05, 0.1) is 24.8 Å². The van der Waals surface area contributed by atoms with E-state index in [-0.39, 0.29) is 0 Å². The number of rotatable bonds is 8. The van der Waals surface area contributed by atoms with E-state index in [0.717, 1.165) is 17.1 Å². The Labute approximate surface area is 341 Å². The van der Waals surface area contributed by atoms with Crippen LogP contribution in [0.1, 0.15) is 0 Å². The molecule has 10 rings (SSSR count). The Kier molecular flexibility index (Phi) is 8.89. The molecule has 10 aromatic rings. The fourth-order valence-corrected chi connectivity index (χ4v) is 9.73. The lowest BCUT2D eigenvalue weighted by Gasteiger charge is -2.27. The normalized spacial score (nSPS) is 11.7. The zero-order valence-corrected chi connectivity index (χ0v) is 34.1. The molecule has 0 atom stereocenters. The Morgan fingerprint density at radius 3 is 1.48 bits per heavy atom. The SMILES string of the molecule is C[Si](C)(C)c1ccc(-n2c3ccccc3c3cc(-c4cccc5c(N(c6ccc(-c7ccccc7)cc6)c6ccc(-c7ccccc7)cc6)cccc45)ccc32)cc1. The predicted octanol–water partition coefficient (Wildman–Crippen LogP) is 15.0. The summed E-state index contributed by atoms with van der Waals surface area (Å²) in [6.45, 7) is 7.22. The van der Waals surface area contributed by atoms with Crippen LogP contribution in [0.4, 0.5) is 17.1 Å². The van der Waals surface area contributed by atoms with E-state index in [2.05, 4.69) is 241 Å². The summed E-state index contributed by atoms with van der Waals surface area (Å²) in [6.07, 6.45) is 0. The van der Waals surface area contributed by atoms with Gasteiger partial charge >= 0.3 is 0 Å². The molecule has 3 heteroatoms. The molecule has 0 aliphatic rings. The Balaban J connectivity index is 1.10. The highest BCUT2D eigenvalue weighted by molar-refractivity contribution is 6.88. The van der Waals surface area contributed by atoms with Crippen molar-refractivity contribution in [2.45, 2.75) is 19.6 Å².